The molecule has 2 aromatic rings. The number of carbonyl (C=O) groups is 3. The van der Waals surface area contributed by atoms with Gasteiger partial charge < -0.3 is 19.5 Å². The number of carbonyl (C=O) groups excluding carboxylic acids is 3. The lowest BCUT2D eigenvalue weighted by Gasteiger charge is -2.25. The highest BCUT2D eigenvalue weighted by Crippen LogP contribution is 2.40. The summed E-state index contributed by atoms with van der Waals surface area (Å²) in [7, 11) is 0. The Morgan fingerprint density at radius 3 is 2.38 bits per heavy atom. The second-order valence-corrected chi connectivity index (χ2v) is 7.85. The predicted molar refractivity (Wildman–Crippen MR) is 119 cm³/mol. The zero-order valence-electron chi connectivity index (χ0n) is 18.6. The minimum absolute atomic E-state index is 0.0189. The lowest BCUT2D eigenvalue weighted by molar-refractivity contribution is -0.139. The summed E-state index contributed by atoms with van der Waals surface area (Å²) in [5, 5.41) is 11.1. The molecule has 1 N–H and O–H groups in total. The fourth-order valence-electron chi connectivity index (χ4n) is 3.73. The van der Waals surface area contributed by atoms with E-state index >= 15 is 0 Å². The molecule has 1 heterocycles. The SMILES string of the molecule is CCCN1C(=O)C(=O)/C(=C(\O)c2cccc(OC(C)C)c2)C1c1ccc(OC(C)=O)cc1. The Morgan fingerprint density at radius 1 is 1.09 bits per heavy atom. The highest BCUT2D eigenvalue weighted by atomic mass is 16.5. The summed E-state index contributed by atoms with van der Waals surface area (Å²) in [5.41, 5.74) is 1.04. The molecule has 1 aliphatic rings. The number of aliphatic hydroxyl groups excluding tert-OH is 1. The van der Waals surface area contributed by atoms with E-state index in [-0.39, 0.29) is 17.4 Å². The molecule has 1 atom stereocenters. The van der Waals surface area contributed by atoms with E-state index < -0.39 is 23.7 Å². The average molecular weight is 437 g/mol. The van der Waals surface area contributed by atoms with Crippen molar-refractivity contribution in [1.29, 1.82) is 0 Å². The van der Waals surface area contributed by atoms with E-state index in [4.69, 9.17) is 9.47 Å². The number of esters is 1. The van der Waals surface area contributed by atoms with Gasteiger partial charge in [-0.3, -0.25) is 14.4 Å². The topological polar surface area (TPSA) is 93.1 Å². The molecule has 7 heteroatoms. The van der Waals surface area contributed by atoms with E-state index in [1.54, 1.807) is 48.5 Å². The summed E-state index contributed by atoms with van der Waals surface area (Å²) in [5.74, 6) is -1.19. The quantitative estimate of drug-likeness (QED) is 0.229. The van der Waals surface area contributed by atoms with Gasteiger partial charge >= 0.3 is 5.97 Å². The van der Waals surface area contributed by atoms with Crippen molar-refractivity contribution in [3.63, 3.8) is 0 Å². The van der Waals surface area contributed by atoms with Crippen molar-refractivity contribution < 1.29 is 29.0 Å². The Bertz CT molecular complexity index is 1050. The first-order chi connectivity index (χ1) is 15.2. The maximum Gasteiger partial charge on any atom is 0.308 e. The fraction of sp³-hybridized carbons (Fsp3) is 0.320. The molecule has 0 aromatic heterocycles. The zero-order valence-corrected chi connectivity index (χ0v) is 18.6. The van der Waals surface area contributed by atoms with Crippen LogP contribution >= 0.6 is 0 Å². The minimum Gasteiger partial charge on any atom is -0.507 e. The fourth-order valence-corrected chi connectivity index (χ4v) is 3.73. The van der Waals surface area contributed by atoms with Crippen LogP contribution in [-0.4, -0.2) is 40.3 Å². The molecular weight excluding hydrogens is 410 g/mol. The molecule has 3 rings (SSSR count). The van der Waals surface area contributed by atoms with Crippen molar-refractivity contribution in [2.45, 2.75) is 46.3 Å². The van der Waals surface area contributed by atoms with Crippen LogP contribution in [0.1, 0.15) is 51.3 Å². The van der Waals surface area contributed by atoms with Crippen LogP contribution in [0.25, 0.3) is 5.76 Å². The van der Waals surface area contributed by atoms with Gasteiger partial charge in [0.25, 0.3) is 11.7 Å². The van der Waals surface area contributed by atoms with Gasteiger partial charge in [-0.25, -0.2) is 0 Å². The molecule has 1 saturated heterocycles. The van der Waals surface area contributed by atoms with E-state index in [1.807, 2.05) is 20.8 Å². The van der Waals surface area contributed by atoms with Gasteiger partial charge in [0.05, 0.1) is 17.7 Å². The molecule has 1 aliphatic heterocycles. The number of hydrogen-bond donors (Lipinski definition) is 1. The number of aliphatic hydroxyl groups is 1. The van der Waals surface area contributed by atoms with Crippen LogP contribution in [0.15, 0.2) is 54.1 Å². The molecule has 0 bridgehead atoms. The molecule has 7 nitrogen and oxygen atoms in total. The molecule has 2 aromatic carbocycles. The third-order valence-corrected chi connectivity index (χ3v) is 4.94. The molecule has 0 radical (unpaired) electrons. The highest BCUT2D eigenvalue weighted by molar-refractivity contribution is 6.46. The van der Waals surface area contributed by atoms with E-state index in [2.05, 4.69) is 0 Å². The van der Waals surface area contributed by atoms with E-state index in [1.165, 1.54) is 11.8 Å². The van der Waals surface area contributed by atoms with Crippen LogP contribution in [0.3, 0.4) is 0 Å². The molecule has 1 unspecified atom stereocenters. The number of Topliss-reactive ketones (excluding diaryl/α,β-unsaturated/α-hetero) is 1. The Labute approximate surface area is 187 Å². The van der Waals surface area contributed by atoms with Crippen molar-refractivity contribution in [3.8, 4) is 11.5 Å². The molecule has 1 fully saturated rings. The molecule has 168 valence electrons. The predicted octanol–water partition coefficient (Wildman–Crippen LogP) is 4.23. The lowest BCUT2D eigenvalue weighted by atomic mass is 9.95. The average Bonchev–Trinajstić information content (AvgIpc) is 2.98. The Balaban J connectivity index is 2.09. The summed E-state index contributed by atoms with van der Waals surface area (Å²) in [6, 6.07) is 12.6. The number of nitrogens with zero attached hydrogens (tertiary/aromatic N) is 1. The van der Waals surface area contributed by atoms with Crippen LogP contribution in [0.2, 0.25) is 0 Å². The number of ether oxygens (including phenoxy) is 2. The van der Waals surface area contributed by atoms with Gasteiger partial charge in [-0.15, -0.1) is 0 Å². The summed E-state index contributed by atoms with van der Waals surface area (Å²) < 4.78 is 10.8. The normalized spacial score (nSPS) is 17.7. The molecule has 0 saturated carbocycles. The number of likely N-dealkylation sites (tertiary alicyclic amines) is 1. The number of hydrogen-bond acceptors (Lipinski definition) is 6. The minimum atomic E-state index is -0.754. The third-order valence-electron chi connectivity index (χ3n) is 4.94. The second kappa shape index (κ2) is 9.68. The van der Waals surface area contributed by atoms with Crippen molar-refractivity contribution in [2.24, 2.45) is 0 Å². The lowest BCUT2D eigenvalue weighted by Crippen LogP contribution is -2.30. The van der Waals surface area contributed by atoms with Crippen molar-refractivity contribution >= 4 is 23.4 Å². The first-order valence-corrected chi connectivity index (χ1v) is 10.6. The largest absolute Gasteiger partial charge is 0.507 e. The van der Waals surface area contributed by atoms with Crippen LogP contribution in [0, 0.1) is 0 Å². The number of rotatable bonds is 7. The Hall–Kier alpha value is -3.61. The molecule has 0 spiro atoms. The monoisotopic (exact) mass is 437 g/mol. The maximum atomic E-state index is 13.0. The second-order valence-electron chi connectivity index (χ2n) is 7.85. The van der Waals surface area contributed by atoms with Gasteiger partial charge in [0.1, 0.15) is 17.3 Å². The maximum absolute atomic E-state index is 13.0. The summed E-state index contributed by atoms with van der Waals surface area (Å²) in [6.45, 7) is 7.35. The summed E-state index contributed by atoms with van der Waals surface area (Å²) in [6.07, 6.45) is 0.588. The molecule has 32 heavy (non-hydrogen) atoms. The number of amides is 1. The first kappa shape index (κ1) is 23.1. The first-order valence-electron chi connectivity index (χ1n) is 10.6. The van der Waals surface area contributed by atoms with Crippen molar-refractivity contribution in [2.75, 3.05) is 6.54 Å². The third kappa shape index (κ3) is 4.82. The number of ketones is 1. The van der Waals surface area contributed by atoms with Gasteiger partial charge in [-0.2, -0.15) is 0 Å². The van der Waals surface area contributed by atoms with E-state index in [9.17, 15) is 19.5 Å². The van der Waals surface area contributed by atoms with Crippen LogP contribution < -0.4 is 9.47 Å². The smallest absolute Gasteiger partial charge is 0.308 e. The molecule has 1 amide bonds. The standard InChI is InChI=1S/C25H27NO6/c1-5-13-26-22(17-9-11-19(12-10-17)32-16(4)27)21(24(29)25(26)30)23(28)18-7-6-8-20(14-18)31-15(2)3/h6-12,14-15,22,28H,5,13H2,1-4H3/b23-21-. The van der Waals surface area contributed by atoms with Gasteiger partial charge in [0.15, 0.2) is 0 Å². The van der Waals surface area contributed by atoms with Gasteiger partial charge in [0, 0.05) is 19.0 Å². The highest BCUT2D eigenvalue weighted by Gasteiger charge is 2.45. The van der Waals surface area contributed by atoms with Gasteiger partial charge in [-0.05, 0) is 50.1 Å². The van der Waals surface area contributed by atoms with E-state index in [0.717, 1.165) is 0 Å². The Kier molecular flexibility index (Phi) is 6.98. The summed E-state index contributed by atoms with van der Waals surface area (Å²) >= 11 is 0. The van der Waals surface area contributed by atoms with Crippen LogP contribution in [0.4, 0.5) is 0 Å². The number of benzene rings is 2. The van der Waals surface area contributed by atoms with Gasteiger partial charge in [-0.1, -0.05) is 31.2 Å². The summed E-state index contributed by atoms with van der Waals surface area (Å²) in [4.78, 5) is 38.4. The van der Waals surface area contributed by atoms with Crippen LogP contribution in [0.5, 0.6) is 11.5 Å². The van der Waals surface area contributed by atoms with Crippen molar-refractivity contribution in [3.05, 3.63) is 65.2 Å². The Morgan fingerprint density at radius 2 is 1.78 bits per heavy atom. The van der Waals surface area contributed by atoms with Crippen molar-refractivity contribution in [1.82, 2.24) is 4.90 Å². The van der Waals surface area contributed by atoms with Crippen LogP contribution in [-0.2, 0) is 14.4 Å². The molecular formula is C25H27NO6. The molecule has 0 aliphatic carbocycles. The zero-order chi connectivity index (χ0) is 23.4. The van der Waals surface area contributed by atoms with Gasteiger partial charge in [0.2, 0.25) is 0 Å². The van der Waals surface area contributed by atoms with E-state index in [0.29, 0.717) is 35.6 Å².